The number of carboxylic acid groups (broad SMARTS) is 1. The van der Waals surface area contributed by atoms with Crippen LogP contribution in [0.3, 0.4) is 0 Å². The van der Waals surface area contributed by atoms with Crippen LogP contribution >= 0.6 is 0 Å². The van der Waals surface area contributed by atoms with E-state index in [4.69, 9.17) is 5.11 Å². The lowest BCUT2D eigenvalue weighted by Crippen LogP contribution is -2.39. The van der Waals surface area contributed by atoms with Crippen LogP contribution in [0, 0.1) is 0 Å². The van der Waals surface area contributed by atoms with Crippen molar-refractivity contribution in [2.24, 2.45) is 0 Å². The molecule has 0 unspecified atom stereocenters. The molecule has 0 aliphatic heterocycles. The number of aliphatic hydroxyl groups excluding tert-OH is 1. The highest BCUT2D eigenvalue weighted by Gasteiger charge is 2.17. The molecule has 0 saturated carbocycles. The predicted octanol–water partition coefficient (Wildman–Crippen LogP) is 4.61. The van der Waals surface area contributed by atoms with Gasteiger partial charge in [-0.1, -0.05) is 81.3 Å². The summed E-state index contributed by atoms with van der Waals surface area (Å²) >= 11 is 0. The van der Waals surface area contributed by atoms with Gasteiger partial charge in [-0.25, -0.2) is 9.59 Å². The summed E-state index contributed by atoms with van der Waals surface area (Å²) in [4.78, 5) is 50.7. The number of aryl methyl sites for hydroxylation is 1. The van der Waals surface area contributed by atoms with Crippen LogP contribution in [0.2, 0.25) is 0 Å². The van der Waals surface area contributed by atoms with Crippen molar-refractivity contribution in [1.29, 1.82) is 0 Å². The summed E-state index contributed by atoms with van der Waals surface area (Å²) in [5.41, 5.74) is 3.22. The number of carboxylic acids is 1. The van der Waals surface area contributed by atoms with Gasteiger partial charge in [-0.05, 0) is 36.3 Å². The third-order valence-corrected chi connectivity index (χ3v) is 6.43. The van der Waals surface area contributed by atoms with Gasteiger partial charge in [0.15, 0.2) is 0 Å². The van der Waals surface area contributed by atoms with E-state index in [-0.39, 0.29) is 22.9 Å². The number of rotatable bonds is 13. The molecule has 2 aromatic carbocycles. The first kappa shape index (κ1) is 28.4. The quantitative estimate of drug-likeness (QED) is 0.131. The lowest BCUT2D eigenvalue weighted by atomic mass is 9.98. The molecule has 0 fully saturated rings. The highest BCUT2D eigenvalue weighted by Crippen LogP contribution is 2.17. The van der Waals surface area contributed by atoms with Crippen LogP contribution in [-0.4, -0.2) is 31.5 Å². The lowest BCUT2D eigenvalue weighted by molar-refractivity contribution is -0.146. The van der Waals surface area contributed by atoms with Gasteiger partial charge in [0.1, 0.15) is 5.76 Å². The molecule has 0 aliphatic carbocycles. The van der Waals surface area contributed by atoms with E-state index in [1.165, 1.54) is 4.57 Å². The molecule has 0 atom stereocenters. The molecule has 0 bridgehead atoms. The van der Waals surface area contributed by atoms with Crippen molar-refractivity contribution in [2.75, 3.05) is 0 Å². The summed E-state index contributed by atoms with van der Waals surface area (Å²) in [6.07, 6.45) is 5.44. The van der Waals surface area contributed by atoms with Crippen LogP contribution in [0.25, 0.3) is 5.76 Å². The fraction of sp³-hybridized carbons (Fsp3) is 0.333. The number of carbonyl (C=O) groups excluding carboxylic acids is 1. The van der Waals surface area contributed by atoms with E-state index in [1.54, 1.807) is 12.1 Å². The third kappa shape index (κ3) is 7.65. The van der Waals surface area contributed by atoms with Gasteiger partial charge < -0.3 is 15.2 Å². The Kier molecular flexibility index (Phi) is 9.99. The second kappa shape index (κ2) is 13.4. The number of aliphatic hydroxyl groups is 1. The fourth-order valence-electron chi connectivity index (χ4n) is 4.43. The van der Waals surface area contributed by atoms with E-state index >= 15 is 0 Å². The highest BCUT2D eigenvalue weighted by atomic mass is 16.4. The van der Waals surface area contributed by atoms with Gasteiger partial charge in [0.05, 0.1) is 0 Å². The molecule has 38 heavy (non-hydrogen) atoms. The van der Waals surface area contributed by atoms with Crippen LogP contribution in [0.5, 0.6) is 0 Å². The fourth-order valence-corrected chi connectivity index (χ4v) is 4.43. The van der Waals surface area contributed by atoms with Gasteiger partial charge in [-0.2, -0.15) is 0 Å². The zero-order chi connectivity index (χ0) is 27.7. The minimum atomic E-state index is -1.62. The average molecular weight is 519 g/mol. The maximum Gasteiger partial charge on any atom is 0.376 e. The first-order valence-corrected chi connectivity index (χ1v) is 12.8. The van der Waals surface area contributed by atoms with Crippen LogP contribution < -0.4 is 11.2 Å². The summed E-state index contributed by atoms with van der Waals surface area (Å²) in [5, 5.41) is 18.5. The molecule has 1 aromatic heterocycles. The maximum atomic E-state index is 13.2. The van der Waals surface area contributed by atoms with E-state index in [0.29, 0.717) is 42.3 Å². The third-order valence-electron chi connectivity index (χ3n) is 6.43. The summed E-state index contributed by atoms with van der Waals surface area (Å²) < 4.78 is 1.32. The summed E-state index contributed by atoms with van der Waals surface area (Å²) in [7, 11) is 0. The van der Waals surface area contributed by atoms with Crippen molar-refractivity contribution in [3.05, 3.63) is 109 Å². The number of aromatic nitrogens is 2. The number of unbranched alkanes of at least 4 members (excludes halogenated alkanes) is 3. The minimum Gasteiger partial charge on any atom is -0.507 e. The van der Waals surface area contributed by atoms with E-state index < -0.39 is 11.8 Å². The molecular formula is C30H34N2O6. The highest BCUT2D eigenvalue weighted by molar-refractivity contribution is 6.38. The maximum absolute atomic E-state index is 13.2. The molecular weight excluding hydrogens is 484 g/mol. The van der Waals surface area contributed by atoms with Crippen molar-refractivity contribution in [1.82, 2.24) is 9.55 Å². The van der Waals surface area contributed by atoms with Gasteiger partial charge in [-0.3, -0.25) is 14.2 Å². The average Bonchev–Trinajstić information content (AvgIpc) is 2.88. The van der Waals surface area contributed by atoms with Gasteiger partial charge in [0.25, 0.3) is 11.3 Å². The number of ketones is 1. The Hall–Kier alpha value is -4.20. The monoisotopic (exact) mass is 518 g/mol. The Labute approximate surface area is 221 Å². The van der Waals surface area contributed by atoms with Gasteiger partial charge in [0.2, 0.25) is 0 Å². The molecule has 0 aliphatic rings. The molecule has 3 aromatic rings. The van der Waals surface area contributed by atoms with E-state index in [9.17, 15) is 24.3 Å². The molecule has 0 spiro atoms. The number of H-pyrrole nitrogens is 1. The molecule has 3 N–H and O–H groups in total. The molecule has 0 saturated heterocycles. The number of hydrogen-bond donors (Lipinski definition) is 3. The zero-order valence-corrected chi connectivity index (χ0v) is 21.8. The second-order valence-corrected chi connectivity index (χ2v) is 9.66. The molecule has 8 nitrogen and oxygen atoms in total. The van der Waals surface area contributed by atoms with Crippen molar-refractivity contribution in [2.45, 2.75) is 64.8 Å². The van der Waals surface area contributed by atoms with Crippen molar-refractivity contribution < 1.29 is 19.8 Å². The smallest absolute Gasteiger partial charge is 0.376 e. The Morgan fingerprint density at radius 1 is 0.895 bits per heavy atom. The molecule has 8 heteroatoms. The van der Waals surface area contributed by atoms with Crippen molar-refractivity contribution in [3.8, 4) is 0 Å². The SMILES string of the molecule is CC(C)c1c(Cc2ccccc2)[nH]c(=O)n(CCCCCCc2ccc(C(O)=CC(=O)C(=O)O)cc2)c1=O. The van der Waals surface area contributed by atoms with E-state index in [0.717, 1.165) is 36.8 Å². The Bertz CT molecular complexity index is 1400. The number of benzene rings is 2. The standard InChI is InChI=1S/C30H34N2O6/c1-20(2)27-24(18-22-11-7-5-8-12-22)31-30(38)32(28(27)35)17-9-4-3-6-10-21-13-15-23(16-14-21)25(33)19-26(34)29(36)37/h5,7-8,11-16,19-20,33H,3-4,6,9-10,17-18H2,1-2H3,(H,31,38)(H,36,37). The summed E-state index contributed by atoms with van der Waals surface area (Å²) in [5.74, 6) is -3.20. The second-order valence-electron chi connectivity index (χ2n) is 9.66. The Morgan fingerprint density at radius 2 is 1.55 bits per heavy atom. The number of aliphatic carboxylic acids is 1. The summed E-state index contributed by atoms with van der Waals surface area (Å²) in [6, 6.07) is 16.7. The van der Waals surface area contributed by atoms with Crippen LogP contribution in [-0.2, 0) is 29.0 Å². The number of nitrogens with zero attached hydrogens (tertiary/aromatic N) is 1. The first-order chi connectivity index (χ1) is 18.2. The predicted molar refractivity (Wildman–Crippen MR) is 147 cm³/mol. The number of carbonyl (C=O) groups is 2. The number of aromatic amines is 1. The van der Waals surface area contributed by atoms with Crippen molar-refractivity contribution in [3.63, 3.8) is 0 Å². The number of nitrogens with one attached hydrogen (secondary N) is 1. The Morgan fingerprint density at radius 3 is 2.18 bits per heavy atom. The Balaban J connectivity index is 1.52. The van der Waals surface area contributed by atoms with Gasteiger partial charge in [-0.15, -0.1) is 0 Å². The lowest BCUT2D eigenvalue weighted by Gasteiger charge is -2.15. The molecule has 200 valence electrons. The topological polar surface area (TPSA) is 129 Å². The van der Waals surface area contributed by atoms with Gasteiger partial charge >= 0.3 is 11.7 Å². The first-order valence-electron chi connectivity index (χ1n) is 12.8. The van der Waals surface area contributed by atoms with Crippen LogP contribution in [0.4, 0.5) is 0 Å². The molecule has 3 rings (SSSR count). The van der Waals surface area contributed by atoms with E-state index in [1.807, 2.05) is 56.3 Å². The zero-order valence-electron chi connectivity index (χ0n) is 21.8. The van der Waals surface area contributed by atoms with Crippen LogP contribution in [0.1, 0.15) is 73.4 Å². The molecule has 0 radical (unpaired) electrons. The van der Waals surface area contributed by atoms with Gasteiger partial charge in [0, 0.05) is 35.9 Å². The van der Waals surface area contributed by atoms with E-state index in [2.05, 4.69) is 4.98 Å². The minimum absolute atomic E-state index is 0.00855. The normalized spacial score (nSPS) is 11.6. The largest absolute Gasteiger partial charge is 0.507 e. The molecule has 0 amide bonds. The van der Waals surface area contributed by atoms with Crippen LogP contribution in [0.15, 0.2) is 70.3 Å². The summed E-state index contributed by atoms with van der Waals surface area (Å²) in [6.45, 7) is 4.30. The molecule has 1 heterocycles. The van der Waals surface area contributed by atoms with Crippen molar-refractivity contribution >= 4 is 17.5 Å². The number of hydrogen-bond acceptors (Lipinski definition) is 5.